The molecule has 0 saturated heterocycles. The van der Waals surface area contributed by atoms with Crippen LogP contribution in [0.1, 0.15) is 46.5 Å². The van der Waals surface area contributed by atoms with Gasteiger partial charge in [-0.15, -0.1) is 0 Å². The van der Waals surface area contributed by atoms with Crippen LogP contribution in [0, 0.1) is 16.7 Å². The zero-order valence-corrected chi connectivity index (χ0v) is 11.5. The van der Waals surface area contributed by atoms with Crippen molar-refractivity contribution in [1.29, 1.82) is 0 Å². The second kappa shape index (κ2) is 3.38. The third-order valence-electron chi connectivity index (χ3n) is 6.25. The van der Waals surface area contributed by atoms with Crippen LogP contribution >= 0.6 is 0 Å². The summed E-state index contributed by atoms with van der Waals surface area (Å²) in [6, 6.07) is 0. The fourth-order valence-electron chi connectivity index (χ4n) is 4.62. The molecule has 3 aliphatic rings. The standard InChI is InChI=1S/C15H24O3/c1-9-10-6-13(2,8-16)7-11(10)12(17)14(3)4-5-15(9,14)18/h11-12,16-18H,4-8H2,1-3H3/t11-,12+,13-,14+,15+/m1/s1. The van der Waals surface area contributed by atoms with Gasteiger partial charge in [0.25, 0.3) is 0 Å². The lowest BCUT2D eigenvalue weighted by Crippen LogP contribution is -2.66. The van der Waals surface area contributed by atoms with Gasteiger partial charge in [-0.2, -0.15) is 0 Å². The van der Waals surface area contributed by atoms with Gasteiger partial charge >= 0.3 is 0 Å². The third kappa shape index (κ3) is 1.21. The van der Waals surface area contributed by atoms with Crippen LogP contribution in [-0.2, 0) is 0 Å². The van der Waals surface area contributed by atoms with Crippen LogP contribution in [0.4, 0.5) is 0 Å². The molecule has 3 heteroatoms. The van der Waals surface area contributed by atoms with Crippen molar-refractivity contribution >= 4 is 0 Å². The first-order valence-corrected chi connectivity index (χ1v) is 6.99. The zero-order valence-electron chi connectivity index (χ0n) is 11.5. The lowest BCUT2D eigenvalue weighted by Gasteiger charge is -2.62. The molecule has 2 saturated carbocycles. The highest BCUT2D eigenvalue weighted by molar-refractivity contribution is 5.40. The Labute approximate surface area is 109 Å². The van der Waals surface area contributed by atoms with E-state index in [4.69, 9.17) is 0 Å². The van der Waals surface area contributed by atoms with E-state index in [-0.39, 0.29) is 23.4 Å². The Morgan fingerprint density at radius 2 is 1.94 bits per heavy atom. The van der Waals surface area contributed by atoms with Crippen LogP contribution in [0.15, 0.2) is 11.1 Å². The first kappa shape index (κ1) is 12.6. The van der Waals surface area contributed by atoms with Crippen molar-refractivity contribution in [1.82, 2.24) is 0 Å². The van der Waals surface area contributed by atoms with E-state index in [9.17, 15) is 15.3 Å². The van der Waals surface area contributed by atoms with Crippen molar-refractivity contribution in [3.05, 3.63) is 11.1 Å². The molecule has 0 spiro atoms. The number of aliphatic hydroxyl groups excluding tert-OH is 2. The highest BCUT2D eigenvalue weighted by Gasteiger charge is 2.66. The maximum atomic E-state index is 10.8. The molecule has 0 aromatic carbocycles. The second-order valence-corrected chi connectivity index (χ2v) is 7.33. The number of aliphatic hydroxyl groups is 3. The van der Waals surface area contributed by atoms with Crippen LogP contribution in [0.25, 0.3) is 0 Å². The summed E-state index contributed by atoms with van der Waals surface area (Å²) in [6.07, 6.45) is 2.83. The highest BCUT2D eigenvalue weighted by atomic mass is 16.3. The smallest absolute Gasteiger partial charge is 0.0935 e. The summed E-state index contributed by atoms with van der Waals surface area (Å²) in [5.74, 6) is 0.132. The monoisotopic (exact) mass is 252 g/mol. The summed E-state index contributed by atoms with van der Waals surface area (Å²) in [4.78, 5) is 0. The summed E-state index contributed by atoms with van der Waals surface area (Å²) < 4.78 is 0. The molecular weight excluding hydrogens is 228 g/mol. The topological polar surface area (TPSA) is 60.7 Å². The van der Waals surface area contributed by atoms with E-state index in [1.54, 1.807) is 0 Å². The maximum Gasteiger partial charge on any atom is 0.0935 e. The Bertz CT molecular complexity index is 429. The molecule has 0 bridgehead atoms. The van der Waals surface area contributed by atoms with Gasteiger partial charge < -0.3 is 15.3 Å². The number of hydrogen-bond acceptors (Lipinski definition) is 3. The van der Waals surface area contributed by atoms with Crippen molar-refractivity contribution in [2.24, 2.45) is 16.7 Å². The Kier molecular flexibility index (Phi) is 2.38. The predicted octanol–water partition coefficient (Wildman–Crippen LogP) is 1.62. The SMILES string of the molecule is CC1=C2C[C@@](C)(CO)C[C@H]2[C@H](O)[C@]2(C)CC[C@]12O. The van der Waals surface area contributed by atoms with Crippen molar-refractivity contribution in [2.75, 3.05) is 6.61 Å². The summed E-state index contributed by atoms with van der Waals surface area (Å²) in [6.45, 7) is 6.26. The minimum atomic E-state index is -0.807. The number of hydrogen-bond donors (Lipinski definition) is 3. The lowest BCUT2D eigenvalue weighted by atomic mass is 9.47. The van der Waals surface area contributed by atoms with Gasteiger partial charge in [-0.3, -0.25) is 0 Å². The van der Waals surface area contributed by atoms with Crippen molar-refractivity contribution in [2.45, 2.75) is 58.2 Å². The van der Waals surface area contributed by atoms with Crippen LogP contribution in [0.2, 0.25) is 0 Å². The molecule has 5 atom stereocenters. The van der Waals surface area contributed by atoms with Crippen molar-refractivity contribution in [3.63, 3.8) is 0 Å². The molecule has 3 aliphatic carbocycles. The number of fused-ring (bicyclic) bond motifs is 2. The summed E-state index contributed by atoms with van der Waals surface area (Å²) in [5, 5.41) is 31.1. The second-order valence-electron chi connectivity index (χ2n) is 7.33. The van der Waals surface area contributed by atoms with Gasteiger partial charge in [0.1, 0.15) is 0 Å². The quantitative estimate of drug-likeness (QED) is 0.621. The molecule has 102 valence electrons. The van der Waals surface area contributed by atoms with E-state index < -0.39 is 11.7 Å². The average molecular weight is 252 g/mol. The fourth-order valence-corrected chi connectivity index (χ4v) is 4.62. The maximum absolute atomic E-state index is 10.8. The van der Waals surface area contributed by atoms with E-state index in [2.05, 4.69) is 6.92 Å². The van der Waals surface area contributed by atoms with Gasteiger partial charge in [0.2, 0.25) is 0 Å². The van der Waals surface area contributed by atoms with Crippen LogP contribution in [0.5, 0.6) is 0 Å². The van der Waals surface area contributed by atoms with E-state index in [1.807, 2.05) is 13.8 Å². The number of rotatable bonds is 1. The predicted molar refractivity (Wildman–Crippen MR) is 68.9 cm³/mol. The van der Waals surface area contributed by atoms with E-state index in [1.165, 1.54) is 5.57 Å². The van der Waals surface area contributed by atoms with E-state index in [0.29, 0.717) is 0 Å². The normalized spacial score (nSPS) is 55.0. The van der Waals surface area contributed by atoms with Crippen LogP contribution in [0.3, 0.4) is 0 Å². The van der Waals surface area contributed by atoms with Gasteiger partial charge in [-0.1, -0.05) is 19.4 Å². The van der Waals surface area contributed by atoms with E-state index in [0.717, 1.165) is 31.3 Å². The Morgan fingerprint density at radius 3 is 2.44 bits per heavy atom. The Hall–Kier alpha value is -0.380. The third-order valence-corrected chi connectivity index (χ3v) is 6.25. The molecule has 0 amide bonds. The van der Waals surface area contributed by atoms with Gasteiger partial charge in [0, 0.05) is 17.9 Å². The minimum Gasteiger partial charge on any atom is -0.396 e. The van der Waals surface area contributed by atoms with Crippen LogP contribution < -0.4 is 0 Å². The van der Waals surface area contributed by atoms with Gasteiger partial charge in [0.05, 0.1) is 11.7 Å². The largest absolute Gasteiger partial charge is 0.396 e. The molecule has 2 fully saturated rings. The molecule has 0 unspecified atom stereocenters. The summed E-state index contributed by atoms with van der Waals surface area (Å²) in [5.41, 5.74) is 0.964. The van der Waals surface area contributed by atoms with Gasteiger partial charge in [-0.05, 0) is 43.6 Å². The first-order valence-electron chi connectivity index (χ1n) is 6.99. The Morgan fingerprint density at radius 1 is 1.28 bits per heavy atom. The molecule has 3 N–H and O–H groups in total. The average Bonchev–Trinajstić information content (AvgIpc) is 2.71. The van der Waals surface area contributed by atoms with Gasteiger partial charge in [-0.25, -0.2) is 0 Å². The molecule has 3 nitrogen and oxygen atoms in total. The molecule has 0 aromatic heterocycles. The van der Waals surface area contributed by atoms with Crippen LogP contribution in [-0.4, -0.2) is 33.6 Å². The molecule has 0 heterocycles. The molecule has 0 aromatic rings. The zero-order chi connectivity index (χ0) is 13.3. The fraction of sp³-hybridized carbons (Fsp3) is 0.867. The molecule has 3 rings (SSSR count). The van der Waals surface area contributed by atoms with Crippen molar-refractivity contribution < 1.29 is 15.3 Å². The summed E-state index contributed by atoms with van der Waals surface area (Å²) >= 11 is 0. The summed E-state index contributed by atoms with van der Waals surface area (Å²) in [7, 11) is 0. The molecule has 18 heavy (non-hydrogen) atoms. The minimum absolute atomic E-state index is 0.126. The van der Waals surface area contributed by atoms with Crippen molar-refractivity contribution in [3.8, 4) is 0 Å². The molecular formula is C15H24O3. The van der Waals surface area contributed by atoms with E-state index >= 15 is 0 Å². The molecule has 0 radical (unpaired) electrons. The van der Waals surface area contributed by atoms with Gasteiger partial charge in [0.15, 0.2) is 0 Å². The molecule has 0 aliphatic heterocycles. The lowest BCUT2D eigenvalue weighted by molar-refractivity contribution is -0.203. The Balaban J connectivity index is 2.08. The highest BCUT2D eigenvalue weighted by Crippen LogP contribution is 2.65. The first-order chi connectivity index (χ1) is 8.27.